The lowest BCUT2D eigenvalue weighted by Crippen LogP contribution is -2.35. The number of amides is 2. The maximum atomic E-state index is 12.6. The van der Waals surface area contributed by atoms with Crippen LogP contribution in [0.3, 0.4) is 0 Å². The highest BCUT2D eigenvalue weighted by Crippen LogP contribution is 2.14. The van der Waals surface area contributed by atoms with Gasteiger partial charge in [-0.25, -0.2) is 4.79 Å². The Balaban J connectivity index is 1.64. The van der Waals surface area contributed by atoms with Crippen molar-refractivity contribution < 1.29 is 19.1 Å². The summed E-state index contributed by atoms with van der Waals surface area (Å²) in [5, 5.41) is 2.83. The molecule has 0 bridgehead atoms. The molecule has 1 aliphatic rings. The molecule has 1 fully saturated rings. The van der Waals surface area contributed by atoms with Crippen LogP contribution < -0.4 is 5.32 Å². The quantitative estimate of drug-likeness (QED) is 0.809. The molecule has 0 aromatic heterocycles. The number of likely N-dealkylation sites (tertiary alicyclic amines) is 1. The number of rotatable bonds is 5. The number of methoxy groups -OCH3 is 1. The minimum atomic E-state index is -0.487. The molecule has 146 valence electrons. The summed E-state index contributed by atoms with van der Waals surface area (Å²) in [6.45, 7) is 1.90. The average molecular weight is 380 g/mol. The van der Waals surface area contributed by atoms with Gasteiger partial charge < -0.3 is 15.0 Å². The number of hydrogen-bond acceptors (Lipinski definition) is 4. The fraction of sp³-hybridized carbons (Fsp3) is 0.318. The summed E-state index contributed by atoms with van der Waals surface area (Å²) in [5.41, 5.74) is 2.19. The molecule has 1 heterocycles. The van der Waals surface area contributed by atoms with Gasteiger partial charge >= 0.3 is 5.97 Å². The number of piperidine rings is 1. The molecular formula is C22H24N2O4. The maximum Gasteiger partial charge on any atom is 0.337 e. The van der Waals surface area contributed by atoms with E-state index in [9.17, 15) is 14.4 Å². The van der Waals surface area contributed by atoms with E-state index < -0.39 is 5.97 Å². The van der Waals surface area contributed by atoms with Gasteiger partial charge in [-0.2, -0.15) is 0 Å². The number of carbonyl (C=O) groups excluding carboxylic acids is 3. The third-order valence-electron chi connectivity index (χ3n) is 4.82. The van der Waals surface area contributed by atoms with Crippen molar-refractivity contribution in [1.29, 1.82) is 0 Å². The Morgan fingerprint density at radius 3 is 2.36 bits per heavy atom. The van der Waals surface area contributed by atoms with Gasteiger partial charge in [0, 0.05) is 30.8 Å². The van der Waals surface area contributed by atoms with Crippen LogP contribution in [0.15, 0.2) is 48.5 Å². The summed E-state index contributed by atoms with van der Waals surface area (Å²) in [7, 11) is 1.30. The van der Waals surface area contributed by atoms with Crippen LogP contribution in [-0.4, -0.2) is 42.9 Å². The smallest absolute Gasteiger partial charge is 0.337 e. The van der Waals surface area contributed by atoms with Crippen LogP contribution in [0.5, 0.6) is 0 Å². The third kappa shape index (κ3) is 4.76. The predicted molar refractivity (Wildman–Crippen MR) is 105 cm³/mol. The zero-order valence-corrected chi connectivity index (χ0v) is 15.9. The largest absolute Gasteiger partial charge is 0.465 e. The Hall–Kier alpha value is -3.15. The van der Waals surface area contributed by atoms with Crippen molar-refractivity contribution in [3.05, 3.63) is 70.8 Å². The zero-order valence-electron chi connectivity index (χ0n) is 15.9. The summed E-state index contributed by atoms with van der Waals surface area (Å²) < 4.78 is 4.68. The summed E-state index contributed by atoms with van der Waals surface area (Å²) in [5.74, 6) is -0.740. The van der Waals surface area contributed by atoms with Crippen LogP contribution in [0, 0.1) is 0 Å². The van der Waals surface area contributed by atoms with Gasteiger partial charge in [-0.05, 0) is 55.2 Å². The molecule has 28 heavy (non-hydrogen) atoms. The fourth-order valence-corrected chi connectivity index (χ4v) is 3.28. The lowest BCUT2D eigenvalue weighted by atomic mass is 10.1. The second-order valence-corrected chi connectivity index (χ2v) is 6.81. The van der Waals surface area contributed by atoms with Gasteiger partial charge in [0.15, 0.2) is 0 Å². The number of benzene rings is 2. The number of nitrogens with one attached hydrogen (secondary N) is 1. The molecule has 6 heteroatoms. The molecule has 6 nitrogen and oxygen atoms in total. The number of ether oxygens (including phenoxy) is 1. The first-order valence-corrected chi connectivity index (χ1v) is 9.43. The summed E-state index contributed by atoms with van der Waals surface area (Å²) in [6.07, 6.45) is 3.27. The number of hydrogen-bond donors (Lipinski definition) is 1. The van der Waals surface area contributed by atoms with Crippen molar-refractivity contribution in [1.82, 2.24) is 10.2 Å². The number of esters is 1. The van der Waals surface area contributed by atoms with Crippen LogP contribution in [0.2, 0.25) is 0 Å². The summed E-state index contributed by atoms with van der Waals surface area (Å²) >= 11 is 0. The summed E-state index contributed by atoms with van der Waals surface area (Å²) in [6, 6.07) is 13.7. The van der Waals surface area contributed by atoms with E-state index in [1.54, 1.807) is 18.2 Å². The van der Waals surface area contributed by atoms with E-state index in [0.29, 0.717) is 23.2 Å². The van der Waals surface area contributed by atoms with Crippen molar-refractivity contribution in [3.63, 3.8) is 0 Å². The van der Waals surface area contributed by atoms with E-state index in [-0.39, 0.29) is 11.8 Å². The Labute approximate surface area is 164 Å². The molecule has 0 spiro atoms. The highest BCUT2D eigenvalue weighted by atomic mass is 16.5. The van der Waals surface area contributed by atoms with Crippen molar-refractivity contribution in [3.8, 4) is 0 Å². The second-order valence-electron chi connectivity index (χ2n) is 6.81. The highest BCUT2D eigenvalue weighted by Gasteiger charge is 2.18. The lowest BCUT2D eigenvalue weighted by Gasteiger charge is -2.26. The molecule has 0 radical (unpaired) electrons. The first-order valence-electron chi connectivity index (χ1n) is 9.43. The Bertz CT molecular complexity index is 872. The Morgan fingerprint density at radius 2 is 1.61 bits per heavy atom. The Morgan fingerprint density at radius 1 is 0.929 bits per heavy atom. The van der Waals surface area contributed by atoms with E-state index in [4.69, 9.17) is 0 Å². The van der Waals surface area contributed by atoms with Gasteiger partial charge in [-0.15, -0.1) is 0 Å². The SMILES string of the molecule is COC(=O)c1cccc(C(=O)NCc2cccc(C(=O)N3CCCCC3)c2)c1. The molecule has 1 aliphatic heterocycles. The van der Waals surface area contributed by atoms with E-state index in [0.717, 1.165) is 31.5 Å². The number of carbonyl (C=O) groups is 3. The third-order valence-corrected chi connectivity index (χ3v) is 4.82. The first-order chi connectivity index (χ1) is 13.6. The van der Waals surface area contributed by atoms with Gasteiger partial charge in [0.1, 0.15) is 0 Å². The van der Waals surface area contributed by atoms with Gasteiger partial charge in [0.25, 0.3) is 11.8 Å². The molecule has 1 saturated heterocycles. The molecule has 0 atom stereocenters. The molecule has 2 amide bonds. The standard InChI is InChI=1S/C22H24N2O4/c1-28-22(27)19-10-6-8-17(14-19)20(25)23-15-16-7-5-9-18(13-16)21(26)24-11-3-2-4-12-24/h5-10,13-14H,2-4,11-12,15H2,1H3,(H,23,25). The zero-order chi connectivity index (χ0) is 19.9. The van der Waals surface area contributed by atoms with Crippen LogP contribution >= 0.6 is 0 Å². The van der Waals surface area contributed by atoms with Gasteiger partial charge in [-0.1, -0.05) is 18.2 Å². The van der Waals surface area contributed by atoms with Crippen LogP contribution in [-0.2, 0) is 11.3 Å². The minimum absolute atomic E-state index is 0.0404. The van der Waals surface area contributed by atoms with Crippen LogP contribution in [0.4, 0.5) is 0 Å². The number of nitrogens with zero attached hydrogens (tertiary/aromatic N) is 1. The normalized spacial score (nSPS) is 13.7. The van der Waals surface area contributed by atoms with E-state index in [2.05, 4.69) is 10.1 Å². The van der Waals surface area contributed by atoms with Crippen molar-refractivity contribution in [2.24, 2.45) is 0 Å². The Kier molecular flexibility index (Phi) is 6.42. The van der Waals surface area contributed by atoms with Gasteiger partial charge in [0.05, 0.1) is 12.7 Å². The first kappa shape index (κ1) is 19.6. The molecule has 1 N–H and O–H groups in total. The molecule has 2 aromatic carbocycles. The van der Waals surface area contributed by atoms with E-state index >= 15 is 0 Å². The topological polar surface area (TPSA) is 75.7 Å². The van der Waals surface area contributed by atoms with Crippen LogP contribution in [0.1, 0.15) is 55.9 Å². The fourth-order valence-electron chi connectivity index (χ4n) is 3.28. The lowest BCUT2D eigenvalue weighted by molar-refractivity contribution is 0.0600. The highest BCUT2D eigenvalue weighted by molar-refractivity contribution is 5.98. The molecule has 0 saturated carbocycles. The molecule has 0 unspecified atom stereocenters. The molecular weight excluding hydrogens is 356 g/mol. The van der Waals surface area contributed by atoms with Crippen molar-refractivity contribution in [2.75, 3.05) is 20.2 Å². The monoisotopic (exact) mass is 380 g/mol. The second kappa shape index (κ2) is 9.17. The maximum absolute atomic E-state index is 12.6. The van der Waals surface area contributed by atoms with Gasteiger partial charge in [-0.3, -0.25) is 9.59 Å². The van der Waals surface area contributed by atoms with Crippen LogP contribution in [0.25, 0.3) is 0 Å². The van der Waals surface area contributed by atoms with Crippen molar-refractivity contribution in [2.45, 2.75) is 25.8 Å². The van der Waals surface area contributed by atoms with E-state index in [1.165, 1.54) is 19.6 Å². The summed E-state index contributed by atoms with van der Waals surface area (Å²) in [4.78, 5) is 38.5. The van der Waals surface area contributed by atoms with Gasteiger partial charge in [0.2, 0.25) is 0 Å². The van der Waals surface area contributed by atoms with E-state index in [1.807, 2.05) is 29.2 Å². The molecule has 2 aromatic rings. The molecule has 0 aliphatic carbocycles. The average Bonchev–Trinajstić information content (AvgIpc) is 2.77. The predicted octanol–water partition coefficient (Wildman–Crippen LogP) is 3.03. The molecule has 3 rings (SSSR count). The minimum Gasteiger partial charge on any atom is -0.465 e. The van der Waals surface area contributed by atoms with Crippen molar-refractivity contribution >= 4 is 17.8 Å².